The van der Waals surface area contributed by atoms with Crippen LogP contribution in [0, 0.1) is 0 Å². The molecule has 0 bridgehead atoms. The largest absolute Gasteiger partial charge is 0.411 e. The number of hydrogen-bond donors (Lipinski definition) is 0. The van der Waals surface area contributed by atoms with Crippen LogP contribution in [-0.4, -0.2) is 90.1 Å². The van der Waals surface area contributed by atoms with E-state index in [9.17, 15) is 0 Å². The first kappa shape index (κ1) is 34.0. The summed E-state index contributed by atoms with van der Waals surface area (Å²) < 4.78 is 58.4. The molecule has 11 heteroatoms. The van der Waals surface area contributed by atoms with Gasteiger partial charge in [-0.15, -0.1) is 0 Å². The Labute approximate surface area is 250 Å². The van der Waals surface area contributed by atoms with Crippen LogP contribution in [0.4, 0.5) is 0 Å². The van der Waals surface area contributed by atoms with Crippen molar-refractivity contribution in [3.63, 3.8) is 0 Å². The van der Waals surface area contributed by atoms with E-state index in [1.165, 1.54) is 0 Å². The molecular weight excluding hydrogens is 560 g/mol. The molecule has 4 saturated heterocycles. The zero-order valence-electron chi connectivity index (χ0n) is 28.3. The number of hydrogen-bond acceptors (Lipinski definition) is 9. The fourth-order valence-electron chi connectivity index (χ4n) is 5.46. The smallest absolute Gasteiger partial charge is 0.192 e. The number of fused-ring (bicyclic) bond motifs is 1. The van der Waals surface area contributed by atoms with Gasteiger partial charge in [-0.05, 0) is 70.9 Å². The highest BCUT2D eigenvalue weighted by Gasteiger charge is 2.60. The molecule has 0 amide bonds. The van der Waals surface area contributed by atoms with Crippen LogP contribution in [0.5, 0.6) is 0 Å². The lowest BCUT2D eigenvalue weighted by molar-refractivity contribution is -0.284. The van der Waals surface area contributed by atoms with Gasteiger partial charge in [-0.3, -0.25) is 0 Å². The molecule has 0 radical (unpaired) electrons. The highest BCUT2D eigenvalue weighted by molar-refractivity contribution is 6.74. The van der Waals surface area contributed by atoms with Gasteiger partial charge in [0.05, 0.1) is 24.9 Å². The Bertz CT molecular complexity index is 926. The Morgan fingerprint density at radius 2 is 1.29 bits per heavy atom. The van der Waals surface area contributed by atoms with Gasteiger partial charge in [0.2, 0.25) is 0 Å². The summed E-state index contributed by atoms with van der Waals surface area (Å²) in [5.74, 6) is -1.46. The van der Waals surface area contributed by atoms with Gasteiger partial charge in [0, 0.05) is 6.42 Å². The van der Waals surface area contributed by atoms with Gasteiger partial charge in [-0.2, -0.15) is 0 Å². The van der Waals surface area contributed by atoms with Crippen LogP contribution in [0.15, 0.2) is 0 Å². The van der Waals surface area contributed by atoms with Gasteiger partial charge < -0.3 is 42.0 Å². The molecule has 4 heterocycles. The van der Waals surface area contributed by atoms with Gasteiger partial charge in [0.1, 0.15) is 24.4 Å². The Balaban J connectivity index is 1.58. The third-order valence-electron chi connectivity index (χ3n) is 9.84. The molecule has 0 unspecified atom stereocenters. The minimum absolute atomic E-state index is 0.0528. The monoisotopic (exact) mass is 618 g/mol. The van der Waals surface area contributed by atoms with Crippen LogP contribution >= 0.6 is 0 Å². The van der Waals surface area contributed by atoms with Crippen molar-refractivity contribution >= 4 is 16.6 Å². The standard InChI is InChI=1S/C30H58O9Si2/c1-18-22(39-41(14,15)28(5,6)7)19(38-40(12,13)27(2,3)4)16-21(32-18)33-24-23(20-17-31-29(8,9)35-20)34-26-25(24)36-30(10,11)37-26/h18-26H,16-17H2,1-15H3/t18-,19-,20+,21+,22-,23+,24-,25+,26+/m0/s1. The van der Waals surface area contributed by atoms with Crippen molar-refractivity contribution in [2.24, 2.45) is 0 Å². The molecule has 4 rings (SSSR count). The van der Waals surface area contributed by atoms with E-state index in [4.69, 9.17) is 42.0 Å². The predicted octanol–water partition coefficient (Wildman–Crippen LogP) is 6.32. The molecule has 0 spiro atoms. The second kappa shape index (κ2) is 11.2. The second-order valence-electron chi connectivity index (χ2n) is 16.3. The van der Waals surface area contributed by atoms with E-state index in [1.54, 1.807) is 0 Å². The van der Waals surface area contributed by atoms with Crippen molar-refractivity contribution in [3.8, 4) is 0 Å². The zero-order valence-corrected chi connectivity index (χ0v) is 30.3. The average Bonchev–Trinajstić information content (AvgIpc) is 3.38. The maximum Gasteiger partial charge on any atom is 0.192 e. The molecule has 0 aromatic heterocycles. The maximum atomic E-state index is 7.10. The molecule has 0 saturated carbocycles. The van der Waals surface area contributed by atoms with Crippen LogP contribution in [0.1, 0.15) is 82.6 Å². The summed E-state index contributed by atoms with van der Waals surface area (Å²) in [6.07, 6.45) is -2.74. The van der Waals surface area contributed by atoms with Crippen molar-refractivity contribution in [3.05, 3.63) is 0 Å². The summed E-state index contributed by atoms with van der Waals surface area (Å²) in [6.45, 7) is 32.9. The minimum atomic E-state index is -2.13. The summed E-state index contributed by atoms with van der Waals surface area (Å²) in [7, 11) is -4.24. The van der Waals surface area contributed by atoms with Gasteiger partial charge in [-0.1, -0.05) is 41.5 Å². The molecule has 9 nitrogen and oxygen atoms in total. The van der Waals surface area contributed by atoms with Gasteiger partial charge in [0.15, 0.2) is 40.8 Å². The van der Waals surface area contributed by atoms with Crippen molar-refractivity contribution < 1.29 is 42.0 Å². The van der Waals surface area contributed by atoms with E-state index in [0.717, 1.165) is 0 Å². The van der Waals surface area contributed by atoms with E-state index in [-0.39, 0.29) is 34.5 Å². The third-order valence-corrected chi connectivity index (χ3v) is 18.8. The van der Waals surface area contributed by atoms with Crippen LogP contribution in [0.2, 0.25) is 36.3 Å². The van der Waals surface area contributed by atoms with Crippen LogP contribution in [-0.2, 0) is 42.0 Å². The molecule has 0 aliphatic carbocycles. The van der Waals surface area contributed by atoms with E-state index in [1.807, 2.05) is 27.7 Å². The van der Waals surface area contributed by atoms with Gasteiger partial charge >= 0.3 is 0 Å². The lowest BCUT2D eigenvalue weighted by Crippen LogP contribution is -2.59. The van der Waals surface area contributed by atoms with E-state index in [2.05, 4.69) is 74.7 Å². The van der Waals surface area contributed by atoms with Crippen LogP contribution < -0.4 is 0 Å². The topological polar surface area (TPSA) is 83.1 Å². The quantitative estimate of drug-likeness (QED) is 0.305. The van der Waals surface area contributed by atoms with Crippen molar-refractivity contribution in [2.75, 3.05) is 6.61 Å². The fraction of sp³-hybridized carbons (Fsp3) is 1.00. The summed E-state index contributed by atoms with van der Waals surface area (Å²) in [6, 6.07) is 0. The number of ether oxygens (including phenoxy) is 7. The van der Waals surface area contributed by atoms with Crippen molar-refractivity contribution in [1.29, 1.82) is 0 Å². The van der Waals surface area contributed by atoms with Gasteiger partial charge in [0.25, 0.3) is 0 Å². The Hall–Kier alpha value is 0.0738. The molecule has 41 heavy (non-hydrogen) atoms. The van der Waals surface area contributed by atoms with E-state index in [0.29, 0.717) is 13.0 Å². The van der Waals surface area contributed by atoms with Crippen molar-refractivity contribution in [1.82, 2.24) is 0 Å². The molecular formula is C30H58O9Si2. The summed E-state index contributed by atoms with van der Waals surface area (Å²) in [5.41, 5.74) is 0. The lowest BCUT2D eigenvalue weighted by atomic mass is 10.0. The fourth-order valence-corrected chi connectivity index (χ4v) is 8.17. The highest BCUT2D eigenvalue weighted by Crippen LogP contribution is 2.46. The zero-order chi connectivity index (χ0) is 31.0. The minimum Gasteiger partial charge on any atom is -0.411 e. The van der Waals surface area contributed by atoms with E-state index >= 15 is 0 Å². The third kappa shape index (κ3) is 7.32. The average molecular weight is 619 g/mol. The summed E-state index contributed by atoms with van der Waals surface area (Å²) in [5, 5.41) is 0.117. The second-order valence-corrected chi connectivity index (χ2v) is 25.8. The lowest BCUT2D eigenvalue weighted by Gasteiger charge is -2.50. The molecule has 240 valence electrons. The predicted molar refractivity (Wildman–Crippen MR) is 162 cm³/mol. The van der Waals surface area contributed by atoms with E-state index < -0.39 is 59.1 Å². The molecule has 0 aromatic rings. The first-order valence-electron chi connectivity index (χ1n) is 15.4. The SMILES string of the molecule is C[C@@H]1O[C@H](O[C@@H]2[C@H]3OC(C)(C)O[C@H]3O[C@@H]2[C@H]2COC(C)(C)O2)C[C@H](O[Si](C)(C)C(C)(C)C)[C@H]1O[Si](C)(C)C(C)(C)C. The highest BCUT2D eigenvalue weighted by atomic mass is 28.4. The number of rotatable bonds is 7. The Kier molecular flexibility index (Phi) is 9.24. The molecule has 4 fully saturated rings. The summed E-state index contributed by atoms with van der Waals surface area (Å²) >= 11 is 0. The first-order chi connectivity index (χ1) is 18.4. The molecule has 9 atom stereocenters. The molecule has 0 N–H and O–H groups in total. The van der Waals surface area contributed by atoms with Crippen molar-refractivity contribution in [2.45, 2.75) is 186 Å². The van der Waals surface area contributed by atoms with Gasteiger partial charge in [-0.25, -0.2) is 0 Å². The molecule has 4 aliphatic rings. The first-order valence-corrected chi connectivity index (χ1v) is 21.2. The normalized spacial score (nSPS) is 39.7. The molecule has 0 aromatic carbocycles. The Morgan fingerprint density at radius 3 is 1.83 bits per heavy atom. The van der Waals surface area contributed by atoms with Crippen LogP contribution in [0.3, 0.4) is 0 Å². The molecule has 4 aliphatic heterocycles. The summed E-state index contributed by atoms with van der Waals surface area (Å²) in [4.78, 5) is 0. The van der Waals surface area contributed by atoms with Crippen LogP contribution in [0.25, 0.3) is 0 Å². The maximum absolute atomic E-state index is 7.10. The Morgan fingerprint density at radius 1 is 0.707 bits per heavy atom.